The summed E-state index contributed by atoms with van der Waals surface area (Å²) in [5, 5.41) is 12.2. The normalized spacial score (nSPS) is 19.4. The molecule has 27 heavy (non-hydrogen) atoms. The number of fused-ring (bicyclic) bond motifs is 1. The first-order valence-corrected chi connectivity index (χ1v) is 10.8. The molecular formula is C18H25N5O3S. The predicted octanol–water partition coefficient (Wildman–Crippen LogP) is 1.00. The third kappa shape index (κ3) is 3.46. The zero-order valence-corrected chi connectivity index (χ0v) is 16.3. The molecule has 3 heterocycles. The van der Waals surface area contributed by atoms with Crippen molar-refractivity contribution >= 4 is 10.0 Å². The number of aromatic nitrogens is 3. The van der Waals surface area contributed by atoms with E-state index >= 15 is 0 Å². The van der Waals surface area contributed by atoms with Gasteiger partial charge in [0.1, 0.15) is 22.3 Å². The minimum Gasteiger partial charge on any atom is -0.495 e. The van der Waals surface area contributed by atoms with Gasteiger partial charge in [-0.15, -0.1) is 10.2 Å². The highest BCUT2D eigenvalue weighted by atomic mass is 32.2. The molecule has 1 fully saturated rings. The third-order valence-electron chi connectivity index (χ3n) is 5.40. The quantitative estimate of drug-likeness (QED) is 0.836. The van der Waals surface area contributed by atoms with Crippen molar-refractivity contribution < 1.29 is 13.2 Å². The molecule has 0 amide bonds. The Labute approximate surface area is 159 Å². The van der Waals surface area contributed by atoms with Crippen molar-refractivity contribution in [1.82, 2.24) is 24.4 Å². The number of para-hydroxylation sites is 1. The summed E-state index contributed by atoms with van der Waals surface area (Å²) in [4.78, 5) is 0.230. The zero-order valence-electron chi connectivity index (χ0n) is 15.5. The van der Waals surface area contributed by atoms with Crippen molar-refractivity contribution in [1.29, 1.82) is 0 Å². The molecule has 9 heteroatoms. The number of nitrogens with zero attached hydrogens (tertiary/aromatic N) is 4. The highest BCUT2D eigenvalue weighted by Gasteiger charge is 2.33. The molecule has 0 unspecified atom stereocenters. The van der Waals surface area contributed by atoms with E-state index in [1.807, 2.05) is 0 Å². The topological polar surface area (TPSA) is 89.4 Å². The smallest absolute Gasteiger partial charge is 0.246 e. The summed E-state index contributed by atoms with van der Waals surface area (Å²) in [6, 6.07) is 6.78. The molecule has 1 aromatic carbocycles. The van der Waals surface area contributed by atoms with Crippen molar-refractivity contribution in [2.24, 2.45) is 0 Å². The van der Waals surface area contributed by atoms with Crippen LogP contribution in [0.3, 0.4) is 0 Å². The van der Waals surface area contributed by atoms with Crippen molar-refractivity contribution in [3.05, 3.63) is 35.9 Å². The van der Waals surface area contributed by atoms with E-state index in [1.165, 1.54) is 7.11 Å². The highest BCUT2D eigenvalue weighted by Crippen LogP contribution is 2.32. The maximum absolute atomic E-state index is 13.0. The SMILES string of the molecule is COc1ccccc1S(=O)(=O)N1CCC(c2nnc3n2CCNCC3)CC1. The van der Waals surface area contributed by atoms with Gasteiger partial charge in [0.2, 0.25) is 10.0 Å². The average Bonchev–Trinajstić information content (AvgIpc) is 2.96. The summed E-state index contributed by atoms with van der Waals surface area (Å²) in [7, 11) is -2.07. The van der Waals surface area contributed by atoms with Crippen LogP contribution in [0.5, 0.6) is 5.75 Å². The van der Waals surface area contributed by atoms with Crippen LogP contribution in [0.2, 0.25) is 0 Å². The number of sulfonamides is 1. The van der Waals surface area contributed by atoms with Crippen LogP contribution < -0.4 is 10.1 Å². The van der Waals surface area contributed by atoms with Gasteiger partial charge in [0, 0.05) is 45.1 Å². The van der Waals surface area contributed by atoms with Gasteiger partial charge in [-0.1, -0.05) is 12.1 Å². The first-order chi connectivity index (χ1) is 13.1. The maximum atomic E-state index is 13.0. The van der Waals surface area contributed by atoms with E-state index in [0.717, 1.165) is 50.5 Å². The molecule has 0 aliphatic carbocycles. The molecule has 8 nitrogen and oxygen atoms in total. The fraction of sp³-hybridized carbons (Fsp3) is 0.556. The second-order valence-electron chi connectivity index (χ2n) is 6.96. The molecule has 0 atom stereocenters. The van der Waals surface area contributed by atoms with Gasteiger partial charge in [-0.25, -0.2) is 8.42 Å². The van der Waals surface area contributed by atoms with Crippen LogP contribution in [0.1, 0.15) is 30.4 Å². The van der Waals surface area contributed by atoms with E-state index in [9.17, 15) is 8.42 Å². The number of hydrogen-bond donors (Lipinski definition) is 1. The van der Waals surface area contributed by atoms with E-state index in [1.54, 1.807) is 28.6 Å². The van der Waals surface area contributed by atoms with Crippen LogP contribution in [0.25, 0.3) is 0 Å². The molecule has 0 bridgehead atoms. The Morgan fingerprint density at radius 3 is 2.67 bits per heavy atom. The third-order valence-corrected chi connectivity index (χ3v) is 7.34. The fourth-order valence-electron chi connectivity index (χ4n) is 3.92. The van der Waals surface area contributed by atoms with Gasteiger partial charge in [-0.05, 0) is 25.0 Å². The number of hydrogen-bond acceptors (Lipinski definition) is 6. The Balaban J connectivity index is 1.50. The second-order valence-corrected chi connectivity index (χ2v) is 8.86. The maximum Gasteiger partial charge on any atom is 0.246 e. The standard InChI is InChI=1S/C18H25N5O3S/c1-26-15-4-2-3-5-16(15)27(24,25)22-11-7-14(8-12-22)18-21-20-17-6-9-19-10-13-23(17)18/h2-5,14,19H,6-13H2,1H3. The number of methoxy groups -OCH3 is 1. The first kappa shape index (κ1) is 18.4. The van der Waals surface area contributed by atoms with Crippen molar-refractivity contribution in [2.75, 3.05) is 33.3 Å². The molecule has 1 saturated heterocycles. The molecule has 4 rings (SSSR count). The molecule has 2 aliphatic rings. The summed E-state index contributed by atoms with van der Waals surface area (Å²) in [5.41, 5.74) is 0. The van der Waals surface area contributed by atoms with Crippen molar-refractivity contribution in [2.45, 2.75) is 36.6 Å². The summed E-state index contributed by atoms with van der Waals surface area (Å²) in [6.45, 7) is 3.67. The fourth-order valence-corrected chi connectivity index (χ4v) is 5.55. The Morgan fingerprint density at radius 1 is 1.11 bits per heavy atom. The molecule has 0 saturated carbocycles. The Kier molecular flexibility index (Phi) is 5.16. The Hall–Kier alpha value is -1.97. The monoisotopic (exact) mass is 391 g/mol. The van der Waals surface area contributed by atoms with Gasteiger partial charge in [0.05, 0.1) is 7.11 Å². The average molecular weight is 391 g/mol. The summed E-state index contributed by atoms with van der Waals surface area (Å²) >= 11 is 0. The van der Waals surface area contributed by atoms with E-state index in [0.29, 0.717) is 18.8 Å². The van der Waals surface area contributed by atoms with Gasteiger partial charge in [0.15, 0.2) is 0 Å². The van der Waals surface area contributed by atoms with Gasteiger partial charge in [-0.2, -0.15) is 4.31 Å². The lowest BCUT2D eigenvalue weighted by atomic mass is 9.97. The molecule has 2 aromatic rings. The van der Waals surface area contributed by atoms with Crippen LogP contribution in [0.15, 0.2) is 29.2 Å². The van der Waals surface area contributed by atoms with Gasteiger partial charge in [-0.3, -0.25) is 0 Å². The predicted molar refractivity (Wildman–Crippen MR) is 100 cm³/mol. The minimum atomic E-state index is -3.56. The second kappa shape index (κ2) is 7.57. The Morgan fingerprint density at radius 2 is 1.89 bits per heavy atom. The molecule has 146 valence electrons. The van der Waals surface area contributed by atoms with E-state index < -0.39 is 10.0 Å². The molecule has 0 spiro atoms. The van der Waals surface area contributed by atoms with Gasteiger partial charge in [0.25, 0.3) is 0 Å². The number of nitrogens with one attached hydrogen (secondary N) is 1. The lowest BCUT2D eigenvalue weighted by Gasteiger charge is -2.31. The van der Waals surface area contributed by atoms with Crippen LogP contribution in [0, 0.1) is 0 Å². The van der Waals surface area contributed by atoms with Gasteiger partial charge < -0.3 is 14.6 Å². The lowest BCUT2D eigenvalue weighted by Crippen LogP contribution is -2.38. The molecule has 0 radical (unpaired) electrons. The van der Waals surface area contributed by atoms with E-state index in [-0.39, 0.29) is 10.8 Å². The van der Waals surface area contributed by atoms with Crippen LogP contribution in [-0.2, 0) is 23.0 Å². The Bertz CT molecular complexity index is 903. The van der Waals surface area contributed by atoms with Crippen molar-refractivity contribution in [3.8, 4) is 5.75 Å². The number of piperidine rings is 1. The molecule has 1 N–H and O–H groups in total. The zero-order chi connectivity index (χ0) is 18.9. The molecule has 1 aromatic heterocycles. The van der Waals surface area contributed by atoms with E-state index in [4.69, 9.17) is 4.74 Å². The largest absolute Gasteiger partial charge is 0.495 e. The summed E-state index contributed by atoms with van der Waals surface area (Å²) in [6.07, 6.45) is 2.38. The lowest BCUT2D eigenvalue weighted by molar-refractivity contribution is 0.307. The van der Waals surface area contributed by atoms with E-state index in [2.05, 4.69) is 20.1 Å². The molecule has 2 aliphatic heterocycles. The summed E-state index contributed by atoms with van der Waals surface area (Å²) < 4.78 is 35.1. The number of rotatable bonds is 4. The minimum absolute atomic E-state index is 0.230. The number of benzene rings is 1. The van der Waals surface area contributed by atoms with Crippen LogP contribution in [0.4, 0.5) is 0 Å². The first-order valence-electron chi connectivity index (χ1n) is 9.37. The van der Waals surface area contributed by atoms with Crippen LogP contribution in [-0.4, -0.2) is 60.8 Å². The molecular weight excluding hydrogens is 366 g/mol. The van der Waals surface area contributed by atoms with Crippen LogP contribution >= 0.6 is 0 Å². The summed E-state index contributed by atoms with van der Waals surface area (Å²) in [5.74, 6) is 2.66. The number of ether oxygens (including phenoxy) is 1. The highest BCUT2D eigenvalue weighted by molar-refractivity contribution is 7.89. The van der Waals surface area contributed by atoms with Crippen molar-refractivity contribution in [3.63, 3.8) is 0 Å². The van der Waals surface area contributed by atoms with Gasteiger partial charge >= 0.3 is 0 Å².